The summed E-state index contributed by atoms with van der Waals surface area (Å²) < 4.78 is 0. The summed E-state index contributed by atoms with van der Waals surface area (Å²) in [5.41, 5.74) is 7.16. The van der Waals surface area contributed by atoms with Crippen LogP contribution in [0.3, 0.4) is 0 Å². The first-order chi connectivity index (χ1) is 16.6. The van der Waals surface area contributed by atoms with Gasteiger partial charge in [-0.25, -0.2) is 0 Å². The summed E-state index contributed by atoms with van der Waals surface area (Å²) in [7, 11) is 0. The Balaban J connectivity index is 1.86. The van der Waals surface area contributed by atoms with E-state index in [4.69, 9.17) is 5.73 Å². The second-order valence-electron chi connectivity index (χ2n) is 10.4. The van der Waals surface area contributed by atoms with Crippen LogP contribution >= 0.6 is 0 Å². The standard InChI is InChI=1S/C27H39N5O3/c1-27(2,3)30-26(35)23-19-31(18-21-10-7-13-29-17-21)14-15-32(23)22(24(33)11-12-25(28)34)16-20-8-5-4-6-9-20/h4-10,13,17,22-24,33H,11-12,14-16,18-19H2,1-3H3,(H2,28,34)(H,30,35)/t22?,23-,24?/m0/s1. The lowest BCUT2D eigenvalue weighted by molar-refractivity contribution is -0.134. The largest absolute Gasteiger partial charge is 0.391 e. The third kappa shape index (κ3) is 8.42. The van der Waals surface area contributed by atoms with E-state index in [0.717, 1.165) is 17.7 Å². The topological polar surface area (TPSA) is 112 Å². The van der Waals surface area contributed by atoms with Crippen molar-refractivity contribution in [2.45, 2.75) is 70.3 Å². The van der Waals surface area contributed by atoms with Gasteiger partial charge in [-0.05, 0) is 50.8 Å². The van der Waals surface area contributed by atoms with E-state index >= 15 is 0 Å². The maximum Gasteiger partial charge on any atom is 0.239 e. The number of amides is 2. The van der Waals surface area contributed by atoms with E-state index in [9.17, 15) is 14.7 Å². The van der Waals surface area contributed by atoms with Gasteiger partial charge in [0.15, 0.2) is 0 Å². The lowest BCUT2D eigenvalue weighted by atomic mass is 9.93. The van der Waals surface area contributed by atoms with Crippen LogP contribution in [0.25, 0.3) is 0 Å². The van der Waals surface area contributed by atoms with Crippen LogP contribution in [0.2, 0.25) is 0 Å². The fourth-order valence-corrected chi connectivity index (χ4v) is 4.64. The number of nitrogens with one attached hydrogen (secondary N) is 1. The summed E-state index contributed by atoms with van der Waals surface area (Å²) in [6, 6.07) is 13.1. The number of primary amides is 1. The number of hydrogen-bond donors (Lipinski definition) is 3. The molecule has 3 atom stereocenters. The van der Waals surface area contributed by atoms with Gasteiger partial charge in [-0.3, -0.25) is 24.4 Å². The molecule has 1 saturated heterocycles. The van der Waals surface area contributed by atoms with Gasteiger partial charge >= 0.3 is 0 Å². The lowest BCUT2D eigenvalue weighted by Gasteiger charge is -2.46. The summed E-state index contributed by atoms with van der Waals surface area (Å²) in [6.07, 6.45) is 3.74. The zero-order valence-electron chi connectivity index (χ0n) is 21.1. The Bertz CT molecular complexity index is 948. The summed E-state index contributed by atoms with van der Waals surface area (Å²) in [5, 5.41) is 14.3. The summed E-state index contributed by atoms with van der Waals surface area (Å²) in [4.78, 5) is 33.5. The number of aliphatic hydroxyl groups is 1. The van der Waals surface area contributed by atoms with E-state index in [-0.39, 0.29) is 30.3 Å². The number of carbonyl (C=O) groups is 2. The molecule has 2 heterocycles. The number of nitrogens with two attached hydrogens (primary N) is 1. The molecule has 2 unspecified atom stereocenters. The highest BCUT2D eigenvalue weighted by Crippen LogP contribution is 2.23. The van der Waals surface area contributed by atoms with Crippen molar-refractivity contribution in [2.24, 2.45) is 5.73 Å². The SMILES string of the molecule is CC(C)(C)NC(=O)[C@@H]1CN(Cc2cccnc2)CCN1C(Cc1ccccc1)C(O)CCC(N)=O. The molecule has 8 nitrogen and oxygen atoms in total. The molecule has 0 bridgehead atoms. The van der Waals surface area contributed by atoms with Crippen LogP contribution < -0.4 is 11.1 Å². The Labute approximate surface area is 208 Å². The van der Waals surface area contributed by atoms with E-state index in [1.807, 2.05) is 69.4 Å². The van der Waals surface area contributed by atoms with Crippen molar-refractivity contribution in [1.29, 1.82) is 0 Å². The molecule has 0 radical (unpaired) electrons. The summed E-state index contributed by atoms with van der Waals surface area (Å²) in [5.74, 6) is -0.501. The number of benzene rings is 1. The number of nitrogens with zero attached hydrogens (tertiary/aromatic N) is 3. The Kier molecular flexibility index (Phi) is 9.37. The maximum atomic E-state index is 13.5. The van der Waals surface area contributed by atoms with Crippen LogP contribution in [0, 0.1) is 0 Å². The van der Waals surface area contributed by atoms with Gasteiger partial charge in [0.05, 0.1) is 6.10 Å². The van der Waals surface area contributed by atoms with Gasteiger partial charge in [0.2, 0.25) is 11.8 Å². The Morgan fingerprint density at radius 2 is 1.86 bits per heavy atom. The molecular formula is C27H39N5O3. The molecule has 2 aromatic rings. The van der Waals surface area contributed by atoms with Gasteiger partial charge in [0.1, 0.15) is 6.04 Å². The van der Waals surface area contributed by atoms with Crippen molar-refractivity contribution >= 4 is 11.8 Å². The van der Waals surface area contributed by atoms with Gasteiger partial charge in [-0.2, -0.15) is 0 Å². The van der Waals surface area contributed by atoms with Crippen LogP contribution in [0.5, 0.6) is 0 Å². The van der Waals surface area contributed by atoms with Crippen LogP contribution in [0.1, 0.15) is 44.7 Å². The lowest BCUT2D eigenvalue weighted by Crippen LogP contribution is -2.65. The zero-order chi connectivity index (χ0) is 25.4. The highest BCUT2D eigenvalue weighted by atomic mass is 16.3. The number of carbonyl (C=O) groups excluding carboxylic acids is 2. The predicted molar refractivity (Wildman–Crippen MR) is 136 cm³/mol. The van der Waals surface area contributed by atoms with Gasteiger partial charge in [-0.1, -0.05) is 36.4 Å². The van der Waals surface area contributed by atoms with E-state index < -0.39 is 18.1 Å². The average Bonchev–Trinajstić information content (AvgIpc) is 2.81. The van der Waals surface area contributed by atoms with Gasteiger partial charge in [0.25, 0.3) is 0 Å². The van der Waals surface area contributed by atoms with Crippen molar-refractivity contribution < 1.29 is 14.7 Å². The summed E-state index contributed by atoms with van der Waals surface area (Å²) >= 11 is 0. The molecule has 2 amide bonds. The van der Waals surface area contributed by atoms with Gasteiger partial charge in [-0.15, -0.1) is 0 Å². The van der Waals surface area contributed by atoms with Crippen molar-refractivity contribution in [2.75, 3.05) is 19.6 Å². The van der Waals surface area contributed by atoms with Crippen LogP contribution in [0.15, 0.2) is 54.9 Å². The maximum absolute atomic E-state index is 13.5. The minimum atomic E-state index is -0.794. The van der Waals surface area contributed by atoms with Gasteiger partial charge < -0.3 is 16.2 Å². The molecule has 1 aliphatic heterocycles. The number of aliphatic hydroxyl groups excluding tert-OH is 1. The Morgan fingerprint density at radius 3 is 2.49 bits per heavy atom. The molecule has 35 heavy (non-hydrogen) atoms. The number of piperazine rings is 1. The molecule has 0 saturated carbocycles. The molecule has 1 fully saturated rings. The smallest absolute Gasteiger partial charge is 0.239 e. The number of pyridine rings is 1. The molecule has 4 N–H and O–H groups in total. The first-order valence-electron chi connectivity index (χ1n) is 12.3. The Hall–Kier alpha value is -2.81. The van der Waals surface area contributed by atoms with E-state index in [2.05, 4.69) is 20.1 Å². The minimum absolute atomic E-state index is 0.0615. The van der Waals surface area contributed by atoms with Gasteiger partial charge in [0, 0.05) is 56.6 Å². The normalized spacial score (nSPS) is 19.1. The minimum Gasteiger partial charge on any atom is -0.391 e. The molecule has 8 heteroatoms. The fraction of sp³-hybridized carbons (Fsp3) is 0.519. The molecule has 0 spiro atoms. The van der Waals surface area contributed by atoms with Crippen LogP contribution in [-0.4, -0.2) is 75.1 Å². The molecular weight excluding hydrogens is 442 g/mol. The van der Waals surface area contributed by atoms with E-state index in [1.165, 1.54) is 0 Å². The second-order valence-corrected chi connectivity index (χ2v) is 10.4. The molecule has 1 aliphatic rings. The quantitative estimate of drug-likeness (QED) is 0.476. The second kappa shape index (κ2) is 12.2. The first-order valence-corrected chi connectivity index (χ1v) is 12.3. The van der Waals surface area contributed by atoms with E-state index in [1.54, 1.807) is 6.20 Å². The number of rotatable bonds is 10. The molecule has 1 aromatic carbocycles. The molecule has 3 rings (SSSR count). The zero-order valence-corrected chi connectivity index (χ0v) is 21.1. The monoisotopic (exact) mass is 481 g/mol. The highest BCUT2D eigenvalue weighted by molar-refractivity contribution is 5.83. The van der Waals surface area contributed by atoms with Crippen LogP contribution in [-0.2, 0) is 22.6 Å². The fourth-order valence-electron chi connectivity index (χ4n) is 4.64. The third-order valence-electron chi connectivity index (χ3n) is 6.28. The van der Waals surface area contributed by atoms with Crippen molar-refractivity contribution in [1.82, 2.24) is 20.1 Å². The Morgan fingerprint density at radius 1 is 1.14 bits per heavy atom. The third-order valence-corrected chi connectivity index (χ3v) is 6.28. The van der Waals surface area contributed by atoms with Crippen molar-refractivity contribution in [3.8, 4) is 0 Å². The van der Waals surface area contributed by atoms with Crippen LogP contribution in [0.4, 0.5) is 0 Å². The molecule has 0 aliphatic carbocycles. The molecule has 1 aromatic heterocycles. The first kappa shape index (κ1) is 26.8. The summed E-state index contributed by atoms with van der Waals surface area (Å²) in [6.45, 7) is 8.51. The number of aromatic nitrogens is 1. The predicted octanol–water partition coefficient (Wildman–Crippen LogP) is 1.72. The highest BCUT2D eigenvalue weighted by Gasteiger charge is 2.39. The molecule has 190 valence electrons. The average molecular weight is 482 g/mol. The van der Waals surface area contributed by atoms with Crippen molar-refractivity contribution in [3.05, 3.63) is 66.0 Å². The van der Waals surface area contributed by atoms with E-state index in [0.29, 0.717) is 26.1 Å². The number of hydrogen-bond acceptors (Lipinski definition) is 6. The van der Waals surface area contributed by atoms with Crippen molar-refractivity contribution in [3.63, 3.8) is 0 Å².